The highest BCUT2D eigenvalue weighted by Gasteiger charge is 2.17. The molecule has 0 heterocycles. The average molecular weight is 279 g/mol. The third-order valence-corrected chi connectivity index (χ3v) is 3.18. The number of ether oxygens (including phenoxy) is 1. The van der Waals surface area contributed by atoms with E-state index in [1.165, 1.54) is 4.90 Å². The number of hydrogen-bond acceptors (Lipinski definition) is 3. The lowest BCUT2D eigenvalue weighted by Crippen LogP contribution is -2.33. The van der Waals surface area contributed by atoms with Crippen LogP contribution in [0.3, 0.4) is 0 Å². The van der Waals surface area contributed by atoms with Crippen LogP contribution >= 0.6 is 0 Å². The number of nitrogens with zero attached hydrogens (tertiary/aromatic N) is 1. The molecule has 0 aliphatic heterocycles. The Morgan fingerprint density at radius 2 is 1.80 bits per heavy atom. The van der Waals surface area contributed by atoms with Crippen LogP contribution in [-0.4, -0.2) is 42.1 Å². The predicted octanol–water partition coefficient (Wildman–Crippen LogP) is 2.25. The molecular weight excluding hydrogens is 258 g/mol. The molecule has 0 fully saturated rings. The maximum absolute atomic E-state index is 12.4. The van der Waals surface area contributed by atoms with Gasteiger partial charge in [-0.05, 0) is 44.0 Å². The SMILES string of the molecule is CCN(CCC(=O)O)C(=O)c1cc(C)c(OC)c(C)c1. The Morgan fingerprint density at radius 1 is 1.25 bits per heavy atom. The highest BCUT2D eigenvalue weighted by Crippen LogP contribution is 2.25. The second-order valence-corrected chi connectivity index (χ2v) is 4.67. The van der Waals surface area contributed by atoms with Crippen molar-refractivity contribution >= 4 is 11.9 Å². The van der Waals surface area contributed by atoms with Gasteiger partial charge in [-0.3, -0.25) is 9.59 Å². The van der Waals surface area contributed by atoms with Crippen LogP contribution in [-0.2, 0) is 4.79 Å². The number of carbonyl (C=O) groups is 2. The van der Waals surface area contributed by atoms with E-state index in [0.717, 1.165) is 16.9 Å². The summed E-state index contributed by atoms with van der Waals surface area (Å²) < 4.78 is 5.27. The van der Waals surface area contributed by atoms with E-state index in [2.05, 4.69) is 0 Å². The maximum atomic E-state index is 12.4. The van der Waals surface area contributed by atoms with Crippen LogP contribution in [0.4, 0.5) is 0 Å². The molecule has 0 atom stereocenters. The normalized spacial score (nSPS) is 10.2. The smallest absolute Gasteiger partial charge is 0.305 e. The number of methoxy groups -OCH3 is 1. The lowest BCUT2D eigenvalue weighted by Gasteiger charge is -2.21. The van der Waals surface area contributed by atoms with Crippen molar-refractivity contribution in [3.8, 4) is 5.75 Å². The molecule has 0 bridgehead atoms. The van der Waals surface area contributed by atoms with E-state index in [9.17, 15) is 9.59 Å². The lowest BCUT2D eigenvalue weighted by molar-refractivity contribution is -0.137. The summed E-state index contributed by atoms with van der Waals surface area (Å²) in [7, 11) is 1.60. The molecule has 5 heteroatoms. The lowest BCUT2D eigenvalue weighted by atomic mass is 10.0. The van der Waals surface area contributed by atoms with Crippen LogP contribution in [0.25, 0.3) is 0 Å². The molecule has 0 saturated heterocycles. The summed E-state index contributed by atoms with van der Waals surface area (Å²) in [5.41, 5.74) is 2.35. The molecule has 1 aromatic rings. The summed E-state index contributed by atoms with van der Waals surface area (Å²) in [6, 6.07) is 3.55. The molecule has 1 N–H and O–H groups in total. The van der Waals surface area contributed by atoms with Crippen molar-refractivity contribution in [1.82, 2.24) is 4.90 Å². The van der Waals surface area contributed by atoms with Crippen LogP contribution in [0.2, 0.25) is 0 Å². The van der Waals surface area contributed by atoms with Crippen molar-refractivity contribution in [2.45, 2.75) is 27.2 Å². The fourth-order valence-corrected chi connectivity index (χ4v) is 2.21. The minimum Gasteiger partial charge on any atom is -0.496 e. The van der Waals surface area contributed by atoms with Gasteiger partial charge in [-0.25, -0.2) is 0 Å². The standard InChI is InChI=1S/C15H21NO4/c1-5-16(7-6-13(17)18)15(19)12-8-10(2)14(20-4)11(3)9-12/h8-9H,5-7H2,1-4H3,(H,17,18). The molecule has 0 unspecified atom stereocenters. The minimum absolute atomic E-state index is 0.0479. The number of rotatable bonds is 6. The van der Waals surface area contributed by atoms with E-state index < -0.39 is 5.97 Å². The Morgan fingerprint density at radius 3 is 2.20 bits per heavy atom. The number of hydrogen-bond donors (Lipinski definition) is 1. The Hall–Kier alpha value is -2.04. The first-order valence-electron chi connectivity index (χ1n) is 6.57. The largest absolute Gasteiger partial charge is 0.496 e. The van der Waals surface area contributed by atoms with Gasteiger partial charge in [-0.2, -0.15) is 0 Å². The van der Waals surface area contributed by atoms with E-state index in [1.54, 1.807) is 19.2 Å². The number of aryl methyl sites for hydroxylation is 2. The molecule has 110 valence electrons. The Kier molecular flexibility index (Phi) is 5.55. The fraction of sp³-hybridized carbons (Fsp3) is 0.467. The minimum atomic E-state index is -0.904. The van der Waals surface area contributed by atoms with Gasteiger partial charge >= 0.3 is 5.97 Å². The maximum Gasteiger partial charge on any atom is 0.305 e. The second kappa shape index (κ2) is 6.93. The first kappa shape index (κ1) is 16.0. The zero-order valence-corrected chi connectivity index (χ0v) is 12.4. The fourth-order valence-electron chi connectivity index (χ4n) is 2.21. The predicted molar refractivity (Wildman–Crippen MR) is 76.3 cm³/mol. The summed E-state index contributed by atoms with van der Waals surface area (Å²) in [4.78, 5) is 24.5. The van der Waals surface area contributed by atoms with Crippen LogP contribution in [0.1, 0.15) is 34.8 Å². The van der Waals surface area contributed by atoms with E-state index in [1.807, 2.05) is 20.8 Å². The first-order valence-corrected chi connectivity index (χ1v) is 6.57. The number of carbonyl (C=O) groups excluding carboxylic acids is 1. The summed E-state index contributed by atoms with van der Waals surface area (Å²) in [5, 5.41) is 8.71. The molecule has 0 spiro atoms. The van der Waals surface area contributed by atoms with Crippen molar-refractivity contribution in [1.29, 1.82) is 0 Å². The van der Waals surface area contributed by atoms with Gasteiger partial charge in [0.2, 0.25) is 0 Å². The van der Waals surface area contributed by atoms with E-state index in [-0.39, 0.29) is 18.9 Å². The first-order chi connectivity index (χ1) is 9.40. The number of benzene rings is 1. The molecular formula is C15H21NO4. The van der Waals surface area contributed by atoms with Crippen LogP contribution in [0, 0.1) is 13.8 Å². The molecule has 1 aromatic carbocycles. The van der Waals surface area contributed by atoms with Gasteiger partial charge in [0.15, 0.2) is 0 Å². The Bertz CT molecular complexity index is 488. The van der Waals surface area contributed by atoms with Gasteiger partial charge in [-0.1, -0.05) is 0 Å². The summed E-state index contributed by atoms with van der Waals surface area (Å²) >= 11 is 0. The molecule has 5 nitrogen and oxygen atoms in total. The summed E-state index contributed by atoms with van der Waals surface area (Å²) in [5.74, 6) is -0.281. The van der Waals surface area contributed by atoms with Crippen molar-refractivity contribution in [3.05, 3.63) is 28.8 Å². The summed E-state index contributed by atoms with van der Waals surface area (Å²) in [6.45, 7) is 6.31. The number of carboxylic acids is 1. The van der Waals surface area contributed by atoms with Crippen molar-refractivity contribution in [2.75, 3.05) is 20.2 Å². The molecule has 1 rings (SSSR count). The van der Waals surface area contributed by atoms with Gasteiger partial charge in [0.25, 0.3) is 5.91 Å². The highest BCUT2D eigenvalue weighted by atomic mass is 16.5. The number of amides is 1. The van der Waals surface area contributed by atoms with Gasteiger partial charge in [0.05, 0.1) is 13.5 Å². The monoisotopic (exact) mass is 279 g/mol. The zero-order valence-electron chi connectivity index (χ0n) is 12.4. The van der Waals surface area contributed by atoms with Crippen molar-refractivity contribution < 1.29 is 19.4 Å². The Labute approximate surface area is 119 Å². The van der Waals surface area contributed by atoms with Crippen LogP contribution < -0.4 is 4.74 Å². The van der Waals surface area contributed by atoms with Crippen molar-refractivity contribution in [2.24, 2.45) is 0 Å². The molecule has 0 aliphatic carbocycles. The quantitative estimate of drug-likeness (QED) is 0.867. The van der Waals surface area contributed by atoms with Crippen LogP contribution in [0.15, 0.2) is 12.1 Å². The topological polar surface area (TPSA) is 66.8 Å². The Balaban J connectivity index is 2.98. The molecule has 0 radical (unpaired) electrons. The van der Waals surface area contributed by atoms with Crippen LogP contribution in [0.5, 0.6) is 5.75 Å². The molecule has 0 aromatic heterocycles. The molecule has 0 aliphatic rings. The highest BCUT2D eigenvalue weighted by molar-refractivity contribution is 5.95. The van der Waals surface area contributed by atoms with Gasteiger partial charge in [0.1, 0.15) is 5.75 Å². The van der Waals surface area contributed by atoms with Crippen molar-refractivity contribution in [3.63, 3.8) is 0 Å². The van der Waals surface area contributed by atoms with Gasteiger partial charge in [-0.15, -0.1) is 0 Å². The van der Waals surface area contributed by atoms with E-state index in [4.69, 9.17) is 9.84 Å². The van der Waals surface area contributed by atoms with Gasteiger partial charge < -0.3 is 14.7 Å². The molecule has 20 heavy (non-hydrogen) atoms. The zero-order chi connectivity index (χ0) is 15.3. The summed E-state index contributed by atoms with van der Waals surface area (Å²) in [6.07, 6.45) is -0.0479. The molecule has 0 saturated carbocycles. The number of aliphatic carboxylic acids is 1. The second-order valence-electron chi connectivity index (χ2n) is 4.67. The van der Waals surface area contributed by atoms with E-state index >= 15 is 0 Å². The van der Waals surface area contributed by atoms with Gasteiger partial charge in [0, 0.05) is 18.7 Å². The average Bonchev–Trinajstić information content (AvgIpc) is 2.38. The number of carboxylic acid groups (broad SMARTS) is 1. The third kappa shape index (κ3) is 3.73. The van der Waals surface area contributed by atoms with E-state index in [0.29, 0.717) is 12.1 Å². The molecule has 1 amide bonds. The third-order valence-electron chi connectivity index (χ3n) is 3.18.